The van der Waals surface area contributed by atoms with E-state index in [4.69, 9.17) is 0 Å². The Kier molecular flexibility index (Phi) is 15.0. The zero-order valence-corrected chi connectivity index (χ0v) is 15.2. The van der Waals surface area contributed by atoms with Crippen molar-refractivity contribution >= 4 is 21.2 Å². The SMILES string of the molecule is CC(C)N=C=NC(C)C.CC(C)[CH2][AlH][CH2]C(C)C. The van der Waals surface area contributed by atoms with Crippen LogP contribution in [0.15, 0.2) is 9.98 Å². The number of hydrogen-bond acceptors (Lipinski definition) is 2. The van der Waals surface area contributed by atoms with Gasteiger partial charge in [0, 0.05) is 0 Å². The Labute approximate surface area is 121 Å². The first kappa shape index (κ1) is 20.2. The average Bonchev–Trinajstić information content (AvgIpc) is 2.15. The number of rotatable bonds is 6. The second-order valence-corrected chi connectivity index (χ2v) is 8.13. The second kappa shape index (κ2) is 13.3. The molecule has 0 aliphatic heterocycles. The zero-order valence-electron chi connectivity index (χ0n) is 13.8. The quantitative estimate of drug-likeness (QED) is 0.499. The van der Waals surface area contributed by atoms with Crippen molar-refractivity contribution in [3.8, 4) is 0 Å². The Hall–Kier alpha value is -0.0875. The molecule has 18 heavy (non-hydrogen) atoms. The minimum Gasteiger partial charge on any atom is -0.223 e. The summed E-state index contributed by atoms with van der Waals surface area (Å²) in [7, 11) is 0. The molecule has 0 unspecified atom stereocenters. The van der Waals surface area contributed by atoms with E-state index in [9.17, 15) is 0 Å². The lowest BCUT2D eigenvalue weighted by atomic mass is 10.3. The summed E-state index contributed by atoms with van der Waals surface area (Å²) in [6.45, 7) is 17.3. The Morgan fingerprint density at radius 3 is 1.28 bits per heavy atom. The van der Waals surface area contributed by atoms with Crippen LogP contribution in [0, 0.1) is 11.8 Å². The van der Waals surface area contributed by atoms with Crippen molar-refractivity contribution in [1.82, 2.24) is 0 Å². The van der Waals surface area contributed by atoms with Gasteiger partial charge in [-0.3, -0.25) is 0 Å². The standard InChI is InChI=1S/C7H14N2.2C4H9.Al.H/c1-6(2)8-5-9-7(3)4;2*1-4(2)3;;/h6-7H,1-4H3;2*4H,1H2,2-3H3;;. The van der Waals surface area contributed by atoms with Crippen LogP contribution in [0.1, 0.15) is 55.4 Å². The topological polar surface area (TPSA) is 24.7 Å². The molecule has 0 spiro atoms. The number of aliphatic imine (C=N–C) groups is 2. The third kappa shape index (κ3) is 24.9. The van der Waals surface area contributed by atoms with E-state index < -0.39 is 0 Å². The zero-order chi connectivity index (χ0) is 14.6. The highest BCUT2D eigenvalue weighted by molar-refractivity contribution is 6.35. The minimum atomic E-state index is 0.312. The molecule has 106 valence electrons. The van der Waals surface area contributed by atoms with Gasteiger partial charge in [-0.05, 0) is 27.7 Å². The Bertz CT molecular complexity index is 207. The van der Waals surface area contributed by atoms with Crippen LogP contribution in [0.4, 0.5) is 0 Å². The molecule has 0 aliphatic carbocycles. The molecule has 3 heteroatoms. The molecule has 0 aromatic heterocycles. The maximum atomic E-state index is 3.95. The highest BCUT2D eigenvalue weighted by Crippen LogP contribution is 2.05. The maximum absolute atomic E-state index is 3.95. The van der Waals surface area contributed by atoms with E-state index in [0.717, 1.165) is 11.8 Å². The Balaban J connectivity index is 0. The van der Waals surface area contributed by atoms with Crippen LogP contribution in [0.5, 0.6) is 0 Å². The van der Waals surface area contributed by atoms with Gasteiger partial charge in [-0.2, -0.15) is 0 Å². The first-order valence-electron chi connectivity index (χ1n) is 7.40. The van der Waals surface area contributed by atoms with Crippen LogP contribution in [-0.4, -0.2) is 33.3 Å². The van der Waals surface area contributed by atoms with Crippen LogP contribution in [0.2, 0.25) is 10.6 Å². The predicted molar refractivity (Wildman–Crippen MR) is 86.6 cm³/mol. The van der Waals surface area contributed by atoms with Gasteiger partial charge in [0.1, 0.15) is 0 Å². The molecule has 2 nitrogen and oxygen atoms in total. The summed E-state index contributed by atoms with van der Waals surface area (Å²) in [5.41, 5.74) is 0. The molecule has 0 amide bonds. The monoisotopic (exact) mass is 268 g/mol. The highest BCUT2D eigenvalue weighted by Gasteiger charge is 1.99. The van der Waals surface area contributed by atoms with Gasteiger partial charge in [0.2, 0.25) is 15.2 Å². The molecule has 0 radical (unpaired) electrons. The lowest BCUT2D eigenvalue weighted by Crippen LogP contribution is -1.99. The lowest BCUT2D eigenvalue weighted by Gasteiger charge is -2.03. The summed E-state index contributed by atoms with van der Waals surface area (Å²) >= 11 is 0.316. The minimum absolute atomic E-state index is 0.312. The first-order chi connectivity index (χ1) is 8.25. The van der Waals surface area contributed by atoms with Crippen LogP contribution < -0.4 is 0 Å². The largest absolute Gasteiger partial charge is 0.237 e. The summed E-state index contributed by atoms with van der Waals surface area (Å²) in [4.78, 5) is 7.90. The van der Waals surface area contributed by atoms with Crippen molar-refractivity contribution < 1.29 is 0 Å². The van der Waals surface area contributed by atoms with Crippen LogP contribution in [0.25, 0.3) is 0 Å². The molecule has 0 atom stereocenters. The fourth-order valence-electron chi connectivity index (χ4n) is 1.20. The average molecular weight is 268 g/mol. The number of nitrogens with zero attached hydrogens (tertiary/aromatic N) is 2. The van der Waals surface area contributed by atoms with Gasteiger partial charge in [0.05, 0.1) is 18.1 Å². The third-order valence-electron chi connectivity index (χ3n) is 2.19. The molecular weight excluding hydrogens is 235 g/mol. The summed E-state index contributed by atoms with van der Waals surface area (Å²) in [6.07, 6.45) is 0. The molecule has 0 rings (SSSR count). The molecule has 0 aromatic rings. The molecule has 0 fully saturated rings. The van der Waals surface area contributed by atoms with Crippen molar-refractivity contribution in [3.63, 3.8) is 0 Å². The van der Waals surface area contributed by atoms with Crippen molar-refractivity contribution in [2.45, 2.75) is 78.0 Å². The van der Waals surface area contributed by atoms with Crippen molar-refractivity contribution in [3.05, 3.63) is 0 Å². The van der Waals surface area contributed by atoms with Gasteiger partial charge >= 0.3 is 0 Å². The molecular formula is C15H33AlN2. The third-order valence-corrected chi connectivity index (χ3v) is 5.32. The summed E-state index contributed by atoms with van der Waals surface area (Å²) < 4.78 is 0. The van der Waals surface area contributed by atoms with Crippen molar-refractivity contribution in [1.29, 1.82) is 0 Å². The van der Waals surface area contributed by atoms with Gasteiger partial charge in [-0.25, -0.2) is 9.98 Å². The van der Waals surface area contributed by atoms with Gasteiger partial charge in [-0.1, -0.05) is 50.1 Å². The molecule has 0 aliphatic rings. The van der Waals surface area contributed by atoms with E-state index in [1.54, 1.807) is 0 Å². The highest BCUT2D eigenvalue weighted by atomic mass is 27.1. The Morgan fingerprint density at radius 2 is 1.06 bits per heavy atom. The summed E-state index contributed by atoms with van der Waals surface area (Å²) in [6, 6.07) is 3.26. The van der Waals surface area contributed by atoms with Gasteiger partial charge in [-0.15, -0.1) is 0 Å². The Morgan fingerprint density at radius 1 is 0.722 bits per heavy atom. The summed E-state index contributed by atoms with van der Waals surface area (Å²) in [5.74, 6) is 1.91. The van der Waals surface area contributed by atoms with E-state index in [1.165, 1.54) is 10.6 Å². The van der Waals surface area contributed by atoms with E-state index in [0.29, 0.717) is 27.3 Å². The van der Waals surface area contributed by atoms with Gasteiger partial charge < -0.3 is 0 Å². The number of hydrogen-bond donors (Lipinski definition) is 0. The second-order valence-electron chi connectivity index (χ2n) is 6.26. The molecule has 0 saturated carbocycles. The van der Waals surface area contributed by atoms with Crippen LogP contribution >= 0.6 is 0 Å². The molecule has 0 heterocycles. The van der Waals surface area contributed by atoms with Crippen LogP contribution in [0.3, 0.4) is 0 Å². The molecule has 0 saturated heterocycles. The van der Waals surface area contributed by atoms with E-state index >= 15 is 0 Å². The fourth-order valence-corrected chi connectivity index (χ4v) is 3.07. The van der Waals surface area contributed by atoms with Gasteiger partial charge in [0.15, 0.2) is 0 Å². The predicted octanol–water partition coefficient (Wildman–Crippen LogP) is 4.55. The lowest BCUT2D eigenvalue weighted by molar-refractivity contribution is 0.700. The molecule has 0 bridgehead atoms. The first-order valence-corrected chi connectivity index (χ1v) is 9.40. The maximum Gasteiger partial charge on any atom is 0.237 e. The van der Waals surface area contributed by atoms with E-state index in [-0.39, 0.29) is 0 Å². The van der Waals surface area contributed by atoms with Crippen LogP contribution in [-0.2, 0) is 0 Å². The van der Waals surface area contributed by atoms with Crippen molar-refractivity contribution in [2.24, 2.45) is 21.8 Å². The summed E-state index contributed by atoms with van der Waals surface area (Å²) in [5, 5.41) is 3.08. The smallest absolute Gasteiger partial charge is 0.223 e. The van der Waals surface area contributed by atoms with Crippen molar-refractivity contribution in [2.75, 3.05) is 0 Å². The van der Waals surface area contributed by atoms with E-state index in [2.05, 4.69) is 43.7 Å². The van der Waals surface area contributed by atoms with Gasteiger partial charge in [0.25, 0.3) is 0 Å². The fraction of sp³-hybridized carbons (Fsp3) is 0.933. The van der Waals surface area contributed by atoms with E-state index in [1.807, 2.05) is 27.7 Å². The normalized spacial score (nSPS) is 10.2. The molecule has 0 N–H and O–H groups in total. The molecule has 0 aromatic carbocycles.